The second-order valence-corrected chi connectivity index (χ2v) is 3.99. The van der Waals surface area contributed by atoms with Crippen LogP contribution in [0.5, 0.6) is 0 Å². The number of hydrogen-bond donors (Lipinski definition) is 2. The molecule has 2 N–H and O–H groups in total. The van der Waals surface area contributed by atoms with E-state index < -0.39 is 16.9 Å². The average Bonchev–Trinajstić information content (AvgIpc) is 2.34. The fourth-order valence-electron chi connectivity index (χ4n) is 1.62. The van der Waals surface area contributed by atoms with Crippen LogP contribution >= 0.6 is 0 Å². The van der Waals surface area contributed by atoms with E-state index in [2.05, 4.69) is 5.32 Å². The molecular weight excluding hydrogens is 236 g/mol. The lowest BCUT2D eigenvalue weighted by Crippen LogP contribution is -2.37. The van der Waals surface area contributed by atoms with Crippen LogP contribution < -0.4 is 5.32 Å². The summed E-state index contributed by atoms with van der Waals surface area (Å²) in [5.74, 6) is -0.536. The van der Waals surface area contributed by atoms with Gasteiger partial charge in [-0.2, -0.15) is 0 Å². The first-order valence-corrected chi connectivity index (χ1v) is 5.67. The van der Waals surface area contributed by atoms with Gasteiger partial charge in [0.15, 0.2) is 0 Å². The number of hydrogen-bond acceptors (Lipinski definition) is 4. The van der Waals surface area contributed by atoms with Crippen LogP contribution in [0.25, 0.3) is 0 Å². The SMILES string of the molecule is CC[C@H](CO)NC(=O)c1cccc(C)c1[N+](=O)[O-]. The van der Waals surface area contributed by atoms with Crippen molar-refractivity contribution in [3.63, 3.8) is 0 Å². The van der Waals surface area contributed by atoms with Gasteiger partial charge in [-0.1, -0.05) is 19.1 Å². The van der Waals surface area contributed by atoms with Gasteiger partial charge in [0.05, 0.1) is 17.6 Å². The number of nitrogens with zero attached hydrogens (tertiary/aromatic N) is 1. The Balaban J connectivity index is 3.06. The Hall–Kier alpha value is -1.95. The highest BCUT2D eigenvalue weighted by Gasteiger charge is 2.23. The van der Waals surface area contributed by atoms with Gasteiger partial charge in [0.1, 0.15) is 5.56 Å². The van der Waals surface area contributed by atoms with Crippen LogP contribution in [0.4, 0.5) is 5.69 Å². The van der Waals surface area contributed by atoms with Crippen LogP contribution in [0.2, 0.25) is 0 Å². The van der Waals surface area contributed by atoms with E-state index in [0.717, 1.165) is 0 Å². The van der Waals surface area contributed by atoms with E-state index in [0.29, 0.717) is 12.0 Å². The second kappa shape index (κ2) is 6.11. The van der Waals surface area contributed by atoms with Crippen molar-refractivity contribution in [3.05, 3.63) is 39.4 Å². The Kier molecular flexibility index (Phi) is 4.79. The highest BCUT2D eigenvalue weighted by molar-refractivity contribution is 5.98. The predicted molar refractivity (Wildman–Crippen MR) is 66.5 cm³/mol. The lowest BCUT2D eigenvalue weighted by Gasteiger charge is -2.14. The molecular formula is C12H16N2O4. The molecule has 0 aliphatic rings. The van der Waals surface area contributed by atoms with Crippen LogP contribution in [0.1, 0.15) is 29.3 Å². The van der Waals surface area contributed by atoms with Gasteiger partial charge >= 0.3 is 0 Å². The summed E-state index contributed by atoms with van der Waals surface area (Å²) in [4.78, 5) is 22.3. The number of nitrogens with one attached hydrogen (secondary N) is 1. The third-order valence-electron chi connectivity index (χ3n) is 2.71. The van der Waals surface area contributed by atoms with Crippen LogP contribution in [0, 0.1) is 17.0 Å². The van der Waals surface area contributed by atoms with Gasteiger partial charge < -0.3 is 10.4 Å². The van der Waals surface area contributed by atoms with E-state index in [9.17, 15) is 14.9 Å². The Bertz CT molecular complexity index is 455. The highest BCUT2D eigenvalue weighted by Crippen LogP contribution is 2.22. The molecule has 1 amide bonds. The molecule has 0 saturated carbocycles. The van der Waals surface area contributed by atoms with Crippen LogP contribution in [0.3, 0.4) is 0 Å². The smallest absolute Gasteiger partial charge is 0.285 e. The third kappa shape index (κ3) is 3.04. The number of carbonyl (C=O) groups excluding carboxylic acids is 1. The summed E-state index contributed by atoms with van der Waals surface area (Å²) >= 11 is 0. The average molecular weight is 252 g/mol. The summed E-state index contributed by atoms with van der Waals surface area (Å²) in [7, 11) is 0. The number of aryl methyl sites for hydroxylation is 1. The molecule has 18 heavy (non-hydrogen) atoms. The molecule has 0 radical (unpaired) electrons. The molecule has 0 bridgehead atoms. The lowest BCUT2D eigenvalue weighted by molar-refractivity contribution is -0.385. The molecule has 1 rings (SSSR count). The predicted octanol–water partition coefficient (Wildman–Crippen LogP) is 1.40. The summed E-state index contributed by atoms with van der Waals surface area (Å²) < 4.78 is 0. The molecule has 0 aliphatic carbocycles. The van der Waals surface area contributed by atoms with E-state index in [4.69, 9.17) is 5.11 Å². The van der Waals surface area contributed by atoms with Crippen molar-refractivity contribution in [1.82, 2.24) is 5.32 Å². The molecule has 0 aliphatic heterocycles. The molecule has 0 aromatic heterocycles. The van der Waals surface area contributed by atoms with Gasteiger partial charge in [-0.25, -0.2) is 0 Å². The Morgan fingerprint density at radius 1 is 1.56 bits per heavy atom. The summed E-state index contributed by atoms with van der Waals surface area (Å²) in [5, 5.41) is 22.5. The maximum atomic E-state index is 11.9. The molecule has 1 atom stereocenters. The molecule has 0 spiro atoms. The maximum absolute atomic E-state index is 11.9. The van der Waals surface area contributed by atoms with Crippen LogP contribution in [-0.2, 0) is 0 Å². The zero-order valence-corrected chi connectivity index (χ0v) is 10.3. The Morgan fingerprint density at radius 2 is 2.22 bits per heavy atom. The van der Waals surface area contributed by atoms with Crippen LogP contribution in [-0.4, -0.2) is 28.6 Å². The fourth-order valence-corrected chi connectivity index (χ4v) is 1.62. The maximum Gasteiger partial charge on any atom is 0.285 e. The van der Waals surface area contributed by atoms with Crippen molar-refractivity contribution in [1.29, 1.82) is 0 Å². The summed E-state index contributed by atoms with van der Waals surface area (Å²) in [5.41, 5.74) is 0.263. The highest BCUT2D eigenvalue weighted by atomic mass is 16.6. The molecule has 98 valence electrons. The molecule has 6 heteroatoms. The molecule has 0 unspecified atom stereocenters. The molecule has 0 fully saturated rings. The zero-order valence-electron chi connectivity index (χ0n) is 10.3. The summed E-state index contributed by atoms with van der Waals surface area (Å²) in [6.07, 6.45) is 0.557. The minimum atomic E-state index is -0.565. The van der Waals surface area contributed by atoms with Crippen LogP contribution in [0.15, 0.2) is 18.2 Å². The molecule has 0 heterocycles. The van der Waals surface area contributed by atoms with E-state index in [1.807, 2.05) is 6.92 Å². The quantitative estimate of drug-likeness (QED) is 0.612. The molecule has 1 aromatic carbocycles. The Labute approximate surface area is 105 Å². The van der Waals surface area contributed by atoms with Gasteiger partial charge in [-0.15, -0.1) is 0 Å². The van der Waals surface area contributed by atoms with Crippen molar-refractivity contribution in [2.45, 2.75) is 26.3 Å². The van der Waals surface area contributed by atoms with E-state index in [-0.39, 0.29) is 17.9 Å². The lowest BCUT2D eigenvalue weighted by atomic mass is 10.1. The first kappa shape index (κ1) is 14.1. The monoisotopic (exact) mass is 252 g/mol. The van der Waals surface area contributed by atoms with Gasteiger partial charge in [0.25, 0.3) is 11.6 Å². The number of benzene rings is 1. The number of aliphatic hydroxyl groups excluding tert-OH is 1. The topological polar surface area (TPSA) is 92.5 Å². The first-order valence-electron chi connectivity index (χ1n) is 5.67. The first-order chi connectivity index (χ1) is 8.51. The van der Waals surface area contributed by atoms with Crippen molar-refractivity contribution < 1.29 is 14.8 Å². The van der Waals surface area contributed by atoms with Crippen molar-refractivity contribution in [2.75, 3.05) is 6.61 Å². The number of carbonyl (C=O) groups is 1. The van der Waals surface area contributed by atoms with Crippen molar-refractivity contribution in [3.8, 4) is 0 Å². The number of para-hydroxylation sites is 1. The van der Waals surface area contributed by atoms with Gasteiger partial charge in [-0.3, -0.25) is 14.9 Å². The second-order valence-electron chi connectivity index (χ2n) is 3.99. The summed E-state index contributed by atoms with van der Waals surface area (Å²) in [6, 6.07) is 4.19. The minimum absolute atomic E-state index is 0.0203. The van der Waals surface area contributed by atoms with Crippen molar-refractivity contribution >= 4 is 11.6 Å². The standard InChI is InChI=1S/C12H16N2O4/c1-3-9(7-15)13-12(16)10-6-4-5-8(2)11(10)14(17)18/h4-6,9,15H,3,7H2,1-2H3,(H,13,16)/t9-/m1/s1. The third-order valence-corrected chi connectivity index (χ3v) is 2.71. The van der Waals surface area contributed by atoms with Gasteiger partial charge in [-0.05, 0) is 19.4 Å². The number of nitro groups is 1. The largest absolute Gasteiger partial charge is 0.394 e. The van der Waals surface area contributed by atoms with E-state index >= 15 is 0 Å². The molecule has 0 saturated heterocycles. The Morgan fingerprint density at radius 3 is 2.72 bits per heavy atom. The molecule has 1 aromatic rings. The van der Waals surface area contributed by atoms with E-state index in [1.165, 1.54) is 6.07 Å². The van der Waals surface area contributed by atoms with E-state index in [1.54, 1.807) is 19.1 Å². The zero-order chi connectivity index (χ0) is 13.7. The number of amides is 1. The number of rotatable bonds is 5. The van der Waals surface area contributed by atoms with Crippen molar-refractivity contribution in [2.24, 2.45) is 0 Å². The molecule has 6 nitrogen and oxygen atoms in total. The normalized spacial score (nSPS) is 11.9. The fraction of sp³-hybridized carbons (Fsp3) is 0.417. The van der Waals surface area contributed by atoms with Gasteiger partial charge in [0, 0.05) is 5.56 Å². The van der Waals surface area contributed by atoms with Gasteiger partial charge in [0.2, 0.25) is 0 Å². The summed E-state index contributed by atoms with van der Waals surface area (Å²) in [6.45, 7) is 3.20. The number of nitro benzene ring substituents is 1. The number of aliphatic hydroxyl groups is 1. The minimum Gasteiger partial charge on any atom is -0.394 e.